The monoisotopic (exact) mass is 458 g/mol. The number of rotatable bonds is 7. The lowest BCUT2D eigenvalue weighted by Crippen LogP contribution is -2.29. The molecule has 0 bridgehead atoms. The van der Waals surface area contributed by atoms with Crippen LogP contribution in [0.4, 0.5) is 10.5 Å². The van der Waals surface area contributed by atoms with Crippen molar-refractivity contribution in [2.24, 2.45) is 0 Å². The van der Waals surface area contributed by atoms with Gasteiger partial charge in [-0.2, -0.15) is 0 Å². The van der Waals surface area contributed by atoms with E-state index in [1.807, 2.05) is 62.4 Å². The molecule has 0 aliphatic heterocycles. The highest BCUT2D eigenvalue weighted by molar-refractivity contribution is 5.89. The van der Waals surface area contributed by atoms with Crippen molar-refractivity contribution in [2.75, 3.05) is 19.1 Å². The van der Waals surface area contributed by atoms with Crippen molar-refractivity contribution in [3.05, 3.63) is 83.6 Å². The molecule has 0 spiro atoms. The van der Waals surface area contributed by atoms with Gasteiger partial charge in [0.1, 0.15) is 11.5 Å². The van der Waals surface area contributed by atoms with Gasteiger partial charge >= 0.3 is 6.09 Å². The van der Waals surface area contributed by atoms with Crippen molar-refractivity contribution >= 4 is 22.7 Å². The molecule has 7 heteroatoms. The van der Waals surface area contributed by atoms with E-state index >= 15 is 0 Å². The molecule has 1 heterocycles. The van der Waals surface area contributed by atoms with E-state index in [1.165, 1.54) is 4.90 Å². The van der Waals surface area contributed by atoms with Gasteiger partial charge in [-0.05, 0) is 54.8 Å². The smallest absolute Gasteiger partial charge is 0.412 e. The van der Waals surface area contributed by atoms with E-state index in [0.29, 0.717) is 34.2 Å². The minimum Gasteiger partial charge on any atom is -0.493 e. The number of aromatic nitrogens is 1. The third-order valence-corrected chi connectivity index (χ3v) is 5.63. The van der Waals surface area contributed by atoms with E-state index in [0.717, 1.165) is 22.1 Å². The molecule has 1 N–H and O–H groups in total. The second-order valence-electron chi connectivity index (χ2n) is 7.89. The number of hydrogen-bond acceptors (Lipinski definition) is 5. The average molecular weight is 459 g/mol. The fourth-order valence-electron chi connectivity index (χ4n) is 3.85. The van der Waals surface area contributed by atoms with Crippen LogP contribution in [0.1, 0.15) is 16.7 Å². The first kappa shape index (κ1) is 22.9. The summed E-state index contributed by atoms with van der Waals surface area (Å²) in [6, 6.07) is 18.6. The number of anilines is 1. The summed E-state index contributed by atoms with van der Waals surface area (Å²) in [4.78, 5) is 17.8. The number of amides is 1. The molecule has 0 fully saturated rings. The molecule has 0 aliphatic rings. The van der Waals surface area contributed by atoms with Crippen LogP contribution in [0.15, 0.2) is 66.9 Å². The normalized spacial score (nSPS) is 10.7. The van der Waals surface area contributed by atoms with Gasteiger partial charge in [0.25, 0.3) is 0 Å². The molecule has 1 amide bonds. The van der Waals surface area contributed by atoms with Crippen LogP contribution in [0.25, 0.3) is 10.9 Å². The van der Waals surface area contributed by atoms with Crippen LogP contribution in [-0.2, 0) is 6.54 Å². The maximum absolute atomic E-state index is 12.1. The molecule has 0 radical (unpaired) electrons. The number of benzene rings is 3. The third kappa shape index (κ3) is 4.59. The predicted octanol–water partition coefficient (Wildman–Crippen LogP) is 6.35. The van der Waals surface area contributed by atoms with Crippen LogP contribution in [0.5, 0.6) is 23.0 Å². The van der Waals surface area contributed by atoms with Crippen LogP contribution >= 0.6 is 0 Å². The topological polar surface area (TPSA) is 81.1 Å². The zero-order valence-corrected chi connectivity index (χ0v) is 19.5. The molecule has 4 rings (SSSR count). The lowest BCUT2D eigenvalue weighted by molar-refractivity contribution is 0.201. The summed E-state index contributed by atoms with van der Waals surface area (Å²) in [7, 11) is 3.16. The van der Waals surface area contributed by atoms with Crippen LogP contribution in [0, 0.1) is 13.8 Å². The van der Waals surface area contributed by atoms with Crippen LogP contribution in [-0.4, -0.2) is 30.4 Å². The van der Waals surface area contributed by atoms with Crippen LogP contribution in [0.2, 0.25) is 0 Å². The number of nitrogens with zero attached hydrogens (tertiary/aromatic N) is 2. The fraction of sp³-hybridized carbons (Fsp3) is 0.185. The van der Waals surface area contributed by atoms with Crippen molar-refractivity contribution in [3.8, 4) is 23.0 Å². The highest BCUT2D eigenvalue weighted by Gasteiger charge is 2.19. The minimum absolute atomic E-state index is 0.257. The zero-order valence-electron chi connectivity index (χ0n) is 19.5. The molecular weight excluding hydrogens is 432 g/mol. The first-order valence-electron chi connectivity index (χ1n) is 10.8. The molecular formula is C27H26N2O5. The van der Waals surface area contributed by atoms with Crippen molar-refractivity contribution in [1.82, 2.24) is 4.98 Å². The van der Waals surface area contributed by atoms with Gasteiger partial charge in [-0.3, -0.25) is 9.88 Å². The highest BCUT2D eigenvalue weighted by atomic mass is 16.5. The molecule has 0 unspecified atom stereocenters. The van der Waals surface area contributed by atoms with E-state index in [4.69, 9.17) is 14.2 Å². The Bertz CT molecular complexity index is 1340. The number of carboxylic acid groups (broad SMARTS) is 1. The summed E-state index contributed by atoms with van der Waals surface area (Å²) in [5, 5.41) is 10.7. The summed E-state index contributed by atoms with van der Waals surface area (Å²) >= 11 is 0. The van der Waals surface area contributed by atoms with Crippen molar-refractivity contribution in [2.45, 2.75) is 20.4 Å². The number of ether oxygens (including phenoxy) is 3. The molecule has 1 aromatic heterocycles. The quantitative estimate of drug-likeness (QED) is 0.348. The molecule has 174 valence electrons. The maximum Gasteiger partial charge on any atom is 0.412 e. The summed E-state index contributed by atoms with van der Waals surface area (Å²) in [5.41, 5.74) is 3.84. The number of pyridine rings is 1. The van der Waals surface area contributed by atoms with E-state index in [2.05, 4.69) is 4.98 Å². The van der Waals surface area contributed by atoms with Gasteiger partial charge in [0.15, 0.2) is 11.5 Å². The Morgan fingerprint density at radius 2 is 1.59 bits per heavy atom. The van der Waals surface area contributed by atoms with Crippen molar-refractivity contribution in [3.63, 3.8) is 0 Å². The van der Waals surface area contributed by atoms with Crippen LogP contribution in [0.3, 0.4) is 0 Å². The van der Waals surface area contributed by atoms with Gasteiger partial charge < -0.3 is 19.3 Å². The Morgan fingerprint density at radius 3 is 2.26 bits per heavy atom. The largest absolute Gasteiger partial charge is 0.493 e. The molecule has 0 atom stereocenters. The van der Waals surface area contributed by atoms with E-state index in [9.17, 15) is 9.90 Å². The molecule has 0 saturated heterocycles. The Labute approximate surface area is 198 Å². The van der Waals surface area contributed by atoms with Crippen LogP contribution < -0.4 is 19.1 Å². The predicted molar refractivity (Wildman–Crippen MR) is 131 cm³/mol. The summed E-state index contributed by atoms with van der Waals surface area (Å²) in [5.74, 6) is 2.41. The van der Waals surface area contributed by atoms with E-state index in [1.54, 1.807) is 32.5 Å². The maximum atomic E-state index is 12.1. The first-order valence-corrected chi connectivity index (χ1v) is 10.8. The van der Waals surface area contributed by atoms with Gasteiger partial charge in [0.2, 0.25) is 0 Å². The second-order valence-corrected chi connectivity index (χ2v) is 7.89. The Morgan fingerprint density at radius 1 is 0.882 bits per heavy atom. The Hall–Kier alpha value is -4.26. The number of aryl methyl sites for hydroxylation is 2. The standard InChI is InChI=1S/C27H26N2O5/c1-17-13-24(18(2)12-22(17)29(27(30)31)16-19-8-6-5-7-9-19)34-23-10-11-28-21-15-26(33-4)25(32-3)14-20(21)23/h5-15H,16H2,1-4H3,(H,30,31). The van der Waals surface area contributed by atoms with Gasteiger partial charge in [0.05, 0.1) is 32.0 Å². The first-order chi connectivity index (χ1) is 16.4. The number of hydrogen-bond donors (Lipinski definition) is 1. The fourth-order valence-corrected chi connectivity index (χ4v) is 3.85. The number of methoxy groups -OCH3 is 2. The van der Waals surface area contributed by atoms with Gasteiger partial charge in [0, 0.05) is 17.6 Å². The molecule has 0 saturated carbocycles. The average Bonchev–Trinajstić information content (AvgIpc) is 2.84. The Kier molecular flexibility index (Phi) is 6.54. The molecule has 34 heavy (non-hydrogen) atoms. The lowest BCUT2D eigenvalue weighted by Gasteiger charge is -2.23. The molecule has 3 aromatic carbocycles. The lowest BCUT2D eigenvalue weighted by atomic mass is 10.1. The SMILES string of the molecule is COc1cc2nccc(Oc3cc(C)c(N(Cc4ccccc4)C(=O)O)cc3C)c2cc1OC. The molecule has 4 aromatic rings. The van der Waals surface area contributed by atoms with Gasteiger partial charge in [-0.1, -0.05) is 30.3 Å². The van der Waals surface area contributed by atoms with Crippen molar-refractivity contribution < 1.29 is 24.1 Å². The second kappa shape index (κ2) is 9.70. The Balaban J connectivity index is 1.70. The van der Waals surface area contributed by atoms with E-state index in [-0.39, 0.29) is 6.54 Å². The highest BCUT2D eigenvalue weighted by Crippen LogP contribution is 2.38. The summed E-state index contributed by atoms with van der Waals surface area (Å²) in [6.07, 6.45) is 0.660. The number of carbonyl (C=O) groups is 1. The van der Waals surface area contributed by atoms with E-state index < -0.39 is 6.09 Å². The molecule has 7 nitrogen and oxygen atoms in total. The van der Waals surface area contributed by atoms with Crippen molar-refractivity contribution in [1.29, 1.82) is 0 Å². The third-order valence-electron chi connectivity index (χ3n) is 5.63. The minimum atomic E-state index is -1.01. The summed E-state index contributed by atoms with van der Waals surface area (Å²) in [6.45, 7) is 4.03. The molecule has 0 aliphatic carbocycles. The summed E-state index contributed by atoms with van der Waals surface area (Å²) < 4.78 is 17.1. The number of fused-ring (bicyclic) bond motifs is 1. The van der Waals surface area contributed by atoms with Gasteiger partial charge in [-0.15, -0.1) is 0 Å². The van der Waals surface area contributed by atoms with Gasteiger partial charge in [-0.25, -0.2) is 4.79 Å². The zero-order chi connectivity index (χ0) is 24.2.